The number of hydrogen-bond donors (Lipinski definition) is 1. The maximum atomic E-state index is 3.53. The van der Waals surface area contributed by atoms with Crippen LogP contribution in [0.5, 0.6) is 0 Å². The third-order valence-corrected chi connectivity index (χ3v) is 2.48. The lowest BCUT2D eigenvalue weighted by atomic mass is 9.99. The van der Waals surface area contributed by atoms with E-state index in [4.69, 9.17) is 0 Å². The van der Waals surface area contributed by atoms with Crippen molar-refractivity contribution in [3.63, 3.8) is 0 Å². The Morgan fingerprint density at radius 2 is 1.71 bits per heavy atom. The minimum Gasteiger partial charge on any atom is -0.308 e. The smallest absolute Gasteiger partial charge is 0.0296 e. The van der Waals surface area contributed by atoms with Gasteiger partial charge in [-0.1, -0.05) is 37.6 Å². The summed E-state index contributed by atoms with van der Waals surface area (Å²) < 4.78 is 0. The van der Waals surface area contributed by atoms with Crippen LogP contribution in [0.2, 0.25) is 0 Å². The molecule has 0 aliphatic heterocycles. The number of aryl methyl sites for hydroxylation is 2. The standard InChI is InChI=1S/C13H21N/c1-9(2)14-12(5)13-8-10(3)6-7-11(13)4/h6-9,12,14H,1-5H3/t12-/m0/s1. The van der Waals surface area contributed by atoms with Gasteiger partial charge in [-0.3, -0.25) is 0 Å². The summed E-state index contributed by atoms with van der Waals surface area (Å²) in [6.07, 6.45) is 0. The van der Waals surface area contributed by atoms with Crippen LogP contribution >= 0.6 is 0 Å². The van der Waals surface area contributed by atoms with Crippen molar-refractivity contribution in [3.05, 3.63) is 34.9 Å². The lowest BCUT2D eigenvalue weighted by Crippen LogP contribution is -2.26. The van der Waals surface area contributed by atoms with Gasteiger partial charge in [0.25, 0.3) is 0 Å². The number of hydrogen-bond acceptors (Lipinski definition) is 1. The van der Waals surface area contributed by atoms with Crippen LogP contribution in [0.25, 0.3) is 0 Å². The molecule has 0 aliphatic carbocycles. The van der Waals surface area contributed by atoms with Gasteiger partial charge >= 0.3 is 0 Å². The van der Waals surface area contributed by atoms with E-state index in [0.29, 0.717) is 12.1 Å². The Balaban J connectivity index is 2.88. The van der Waals surface area contributed by atoms with Gasteiger partial charge < -0.3 is 5.32 Å². The maximum Gasteiger partial charge on any atom is 0.0296 e. The zero-order chi connectivity index (χ0) is 10.7. The third-order valence-electron chi connectivity index (χ3n) is 2.48. The number of benzene rings is 1. The largest absolute Gasteiger partial charge is 0.308 e. The first kappa shape index (κ1) is 11.3. The van der Waals surface area contributed by atoms with E-state index in [0.717, 1.165) is 0 Å². The monoisotopic (exact) mass is 191 g/mol. The predicted molar refractivity (Wildman–Crippen MR) is 62.6 cm³/mol. The summed E-state index contributed by atoms with van der Waals surface area (Å²) in [4.78, 5) is 0. The molecule has 78 valence electrons. The van der Waals surface area contributed by atoms with Gasteiger partial charge in [-0.2, -0.15) is 0 Å². The van der Waals surface area contributed by atoms with Crippen molar-refractivity contribution < 1.29 is 0 Å². The van der Waals surface area contributed by atoms with Gasteiger partial charge in [-0.05, 0) is 31.9 Å². The average Bonchev–Trinajstić information content (AvgIpc) is 2.08. The molecule has 1 aromatic rings. The molecule has 1 rings (SSSR count). The van der Waals surface area contributed by atoms with Gasteiger partial charge in [-0.25, -0.2) is 0 Å². The minimum atomic E-state index is 0.440. The second kappa shape index (κ2) is 4.61. The zero-order valence-corrected chi connectivity index (χ0v) is 9.89. The van der Waals surface area contributed by atoms with Crippen molar-refractivity contribution in [3.8, 4) is 0 Å². The lowest BCUT2D eigenvalue weighted by Gasteiger charge is -2.19. The summed E-state index contributed by atoms with van der Waals surface area (Å²) in [5.41, 5.74) is 4.12. The fourth-order valence-electron chi connectivity index (χ4n) is 1.82. The van der Waals surface area contributed by atoms with Crippen molar-refractivity contribution in [2.45, 2.75) is 46.7 Å². The van der Waals surface area contributed by atoms with Crippen molar-refractivity contribution in [2.24, 2.45) is 0 Å². The molecule has 0 spiro atoms. The molecule has 1 N–H and O–H groups in total. The predicted octanol–water partition coefficient (Wildman–Crippen LogP) is 3.36. The molecule has 1 nitrogen and oxygen atoms in total. The van der Waals surface area contributed by atoms with E-state index < -0.39 is 0 Å². The first-order chi connectivity index (χ1) is 6.50. The molecule has 0 heterocycles. The van der Waals surface area contributed by atoms with E-state index in [1.807, 2.05) is 0 Å². The molecule has 1 atom stereocenters. The number of nitrogens with one attached hydrogen (secondary N) is 1. The summed E-state index contributed by atoms with van der Waals surface area (Å²) in [6, 6.07) is 7.61. The van der Waals surface area contributed by atoms with Crippen LogP contribution in [0, 0.1) is 13.8 Å². The molecular formula is C13H21N. The summed E-state index contributed by atoms with van der Waals surface area (Å²) in [5, 5.41) is 3.53. The van der Waals surface area contributed by atoms with Crippen LogP contribution in [-0.2, 0) is 0 Å². The fraction of sp³-hybridized carbons (Fsp3) is 0.538. The Kier molecular flexibility index (Phi) is 3.70. The second-order valence-corrected chi connectivity index (χ2v) is 4.40. The molecule has 0 fully saturated rings. The topological polar surface area (TPSA) is 12.0 Å². The first-order valence-electron chi connectivity index (χ1n) is 5.34. The van der Waals surface area contributed by atoms with E-state index in [-0.39, 0.29) is 0 Å². The normalized spacial score (nSPS) is 13.3. The molecule has 0 bridgehead atoms. The lowest BCUT2D eigenvalue weighted by molar-refractivity contribution is 0.504. The SMILES string of the molecule is Cc1ccc(C)c([C@H](C)NC(C)C)c1. The Hall–Kier alpha value is -0.820. The molecule has 0 amide bonds. The van der Waals surface area contributed by atoms with Crippen molar-refractivity contribution in [1.29, 1.82) is 0 Å². The summed E-state index contributed by atoms with van der Waals surface area (Å²) in [5.74, 6) is 0. The molecular weight excluding hydrogens is 170 g/mol. The minimum absolute atomic E-state index is 0.440. The van der Waals surface area contributed by atoms with Crippen molar-refractivity contribution in [1.82, 2.24) is 5.32 Å². The van der Waals surface area contributed by atoms with Gasteiger partial charge in [0.05, 0.1) is 0 Å². The molecule has 0 radical (unpaired) electrons. The zero-order valence-electron chi connectivity index (χ0n) is 9.89. The molecule has 1 aromatic carbocycles. The summed E-state index contributed by atoms with van der Waals surface area (Å²) >= 11 is 0. The second-order valence-electron chi connectivity index (χ2n) is 4.40. The maximum absolute atomic E-state index is 3.53. The van der Waals surface area contributed by atoms with Crippen LogP contribution in [0.4, 0.5) is 0 Å². The number of rotatable bonds is 3. The molecule has 14 heavy (non-hydrogen) atoms. The fourth-order valence-corrected chi connectivity index (χ4v) is 1.82. The van der Waals surface area contributed by atoms with Gasteiger partial charge in [0.2, 0.25) is 0 Å². The molecule has 0 saturated carbocycles. The first-order valence-corrected chi connectivity index (χ1v) is 5.34. The van der Waals surface area contributed by atoms with E-state index in [1.165, 1.54) is 16.7 Å². The van der Waals surface area contributed by atoms with E-state index in [2.05, 4.69) is 58.1 Å². The van der Waals surface area contributed by atoms with Gasteiger partial charge in [-0.15, -0.1) is 0 Å². The van der Waals surface area contributed by atoms with Crippen LogP contribution < -0.4 is 5.32 Å². The highest BCUT2D eigenvalue weighted by Gasteiger charge is 2.08. The Morgan fingerprint density at radius 3 is 2.29 bits per heavy atom. The highest BCUT2D eigenvalue weighted by Crippen LogP contribution is 2.19. The molecule has 1 heteroatoms. The molecule has 0 aromatic heterocycles. The Labute approximate surface area is 87.5 Å². The highest BCUT2D eigenvalue weighted by atomic mass is 14.9. The van der Waals surface area contributed by atoms with E-state index in [1.54, 1.807) is 0 Å². The Morgan fingerprint density at radius 1 is 1.07 bits per heavy atom. The van der Waals surface area contributed by atoms with Gasteiger partial charge in [0.15, 0.2) is 0 Å². The van der Waals surface area contributed by atoms with E-state index >= 15 is 0 Å². The quantitative estimate of drug-likeness (QED) is 0.772. The summed E-state index contributed by atoms with van der Waals surface area (Å²) in [6.45, 7) is 10.9. The summed E-state index contributed by atoms with van der Waals surface area (Å²) in [7, 11) is 0. The van der Waals surface area contributed by atoms with Crippen LogP contribution in [0.1, 0.15) is 43.5 Å². The van der Waals surface area contributed by atoms with Crippen LogP contribution in [0.15, 0.2) is 18.2 Å². The third kappa shape index (κ3) is 2.85. The van der Waals surface area contributed by atoms with Crippen molar-refractivity contribution >= 4 is 0 Å². The molecule has 0 unspecified atom stereocenters. The highest BCUT2D eigenvalue weighted by molar-refractivity contribution is 5.32. The van der Waals surface area contributed by atoms with E-state index in [9.17, 15) is 0 Å². The van der Waals surface area contributed by atoms with Gasteiger partial charge in [0.1, 0.15) is 0 Å². The molecule has 0 aliphatic rings. The van der Waals surface area contributed by atoms with Gasteiger partial charge in [0, 0.05) is 12.1 Å². The average molecular weight is 191 g/mol. The van der Waals surface area contributed by atoms with Crippen LogP contribution in [-0.4, -0.2) is 6.04 Å². The van der Waals surface area contributed by atoms with Crippen LogP contribution in [0.3, 0.4) is 0 Å². The molecule has 0 saturated heterocycles. The van der Waals surface area contributed by atoms with Crippen molar-refractivity contribution in [2.75, 3.05) is 0 Å². The Bertz CT molecular complexity index is 302.